The molecule has 0 nitrogen and oxygen atoms in total. The summed E-state index contributed by atoms with van der Waals surface area (Å²) in [6, 6.07) is 13.2. The molecule has 0 bridgehead atoms. The van der Waals surface area contributed by atoms with E-state index in [1.165, 1.54) is 33.4 Å². The molecule has 0 aliphatic carbocycles. The monoisotopic (exact) mass is 362 g/mol. The lowest BCUT2D eigenvalue weighted by atomic mass is 9.86. The molecule has 0 saturated heterocycles. The summed E-state index contributed by atoms with van der Waals surface area (Å²) in [6.45, 7) is 12.7. The van der Waals surface area contributed by atoms with E-state index < -0.39 is 0 Å². The highest BCUT2D eigenvalue weighted by Gasteiger charge is 2.15. The van der Waals surface area contributed by atoms with E-state index in [0.29, 0.717) is 0 Å². The van der Waals surface area contributed by atoms with Crippen LogP contribution in [0, 0.1) is 66.2 Å². The van der Waals surface area contributed by atoms with E-state index in [1.54, 1.807) is 0 Å². The lowest BCUT2D eigenvalue weighted by molar-refractivity contribution is 1.32. The standard InChI is InChI=1S/C28H26/c1-9-23-19(5)11-17(3)13-27(23)25-15-22(8)26(16-21(25)7)28-14-18(4)12-20(6)24(28)10-2/h1-2,11-16H,3-8H3. The lowest BCUT2D eigenvalue weighted by Gasteiger charge is -2.18. The highest BCUT2D eigenvalue weighted by Crippen LogP contribution is 2.36. The average Bonchev–Trinajstić information content (AvgIpc) is 2.62. The summed E-state index contributed by atoms with van der Waals surface area (Å²) < 4.78 is 0. The molecule has 0 heterocycles. The fraction of sp³-hybridized carbons (Fsp3) is 0.214. The SMILES string of the molecule is C#Cc1c(C)cc(C)cc1-c1cc(C)c(-c2cc(C)cc(C)c2C#C)cc1C. The Morgan fingerprint density at radius 1 is 0.464 bits per heavy atom. The predicted octanol–water partition coefficient (Wildman–Crippen LogP) is 6.83. The highest BCUT2D eigenvalue weighted by atomic mass is 14.2. The molecule has 0 heteroatoms. The van der Waals surface area contributed by atoms with Crippen LogP contribution < -0.4 is 0 Å². The van der Waals surface area contributed by atoms with Crippen molar-refractivity contribution in [2.24, 2.45) is 0 Å². The zero-order valence-corrected chi connectivity index (χ0v) is 17.6. The van der Waals surface area contributed by atoms with Gasteiger partial charge in [0.05, 0.1) is 0 Å². The summed E-state index contributed by atoms with van der Waals surface area (Å²) in [4.78, 5) is 0. The molecule has 0 N–H and O–H groups in total. The van der Waals surface area contributed by atoms with Crippen molar-refractivity contribution in [1.29, 1.82) is 0 Å². The number of hydrogen-bond donors (Lipinski definition) is 0. The van der Waals surface area contributed by atoms with Gasteiger partial charge in [-0.3, -0.25) is 0 Å². The second-order valence-electron chi connectivity index (χ2n) is 7.78. The normalized spacial score (nSPS) is 10.4. The number of aryl methyl sites for hydroxylation is 6. The maximum Gasteiger partial charge on any atom is 0.0350 e. The second-order valence-corrected chi connectivity index (χ2v) is 7.78. The largest absolute Gasteiger partial charge is 0.115 e. The molecular weight excluding hydrogens is 336 g/mol. The number of benzene rings is 3. The predicted molar refractivity (Wildman–Crippen MR) is 122 cm³/mol. The zero-order valence-electron chi connectivity index (χ0n) is 17.6. The molecule has 138 valence electrons. The van der Waals surface area contributed by atoms with Crippen LogP contribution in [-0.2, 0) is 0 Å². The van der Waals surface area contributed by atoms with Crippen molar-refractivity contribution in [2.75, 3.05) is 0 Å². The Kier molecular flexibility index (Phi) is 5.18. The van der Waals surface area contributed by atoms with E-state index in [4.69, 9.17) is 12.8 Å². The maximum atomic E-state index is 5.85. The van der Waals surface area contributed by atoms with Gasteiger partial charge in [-0.2, -0.15) is 0 Å². The fourth-order valence-corrected chi connectivity index (χ4v) is 4.14. The first-order valence-corrected chi connectivity index (χ1v) is 9.54. The van der Waals surface area contributed by atoms with Crippen molar-refractivity contribution < 1.29 is 0 Å². The van der Waals surface area contributed by atoms with Gasteiger partial charge in [0.1, 0.15) is 0 Å². The molecule has 0 aromatic heterocycles. The summed E-state index contributed by atoms with van der Waals surface area (Å²) in [7, 11) is 0. The van der Waals surface area contributed by atoms with Crippen LogP contribution in [0.4, 0.5) is 0 Å². The first kappa shape index (κ1) is 19.5. The van der Waals surface area contributed by atoms with Crippen molar-refractivity contribution in [2.45, 2.75) is 41.5 Å². The van der Waals surface area contributed by atoms with Crippen molar-refractivity contribution in [3.05, 3.63) is 80.9 Å². The van der Waals surface area contributed by atoms with E-state index in [9.17, 15) is 0 Å². The summed E-state index contributed by atoms with van der Waals surface area (Å²) in [5.74, 6) is 5.78. The van der Waals surface area contributed by atoms with Gasteiger partial charge in [0.2, 0.25) is 0 Å². The molecule has 0 aliphatic heterocycles. The van der Waals surface area contributed by atoms with Crippen LogP contribution in [0.15, 0.2) is 36.4 Å². The molecule has 0 atom stereocenters. The van der Waals surface area contributed by atoms with Crippen LogP contribution in [0.5, 0.6) is 0 Å². The third-order valence-corrected chi connectivity index (χ3v) is 5.40. The van der Waals surface area contributed by atoms with Crippen molar-refractivity contribution >= 4 is 0 Å². The number of rotatable bonds is 2. The molecule has 0 saturated carbocycles. The average molecular weight is 363 g/mol. The third kappa shape index (κ3) is 3.35. The fourth-order valence-electron chi connectivity index (χ4n) is 4.14. The van der Waals surface area contributed by atoms with Crippen LogP contribution in [0.3, 0.4) is 0 Å². The minimum absolute atomic E-state index is 0.969. The first-order valence-electron chi connectivity index (χ1n) is 9.54. The Morgan fingerprint density at radius 2 is 0.821 bits per heavy atom. The topological polar surface area (TPSA) is 0 Å². The molecule has 0 fully saturated rings. The van der Waals surface area contributed by atoms with E-state index in [1.807, 2.05) is 0 Å². The quantitative estimate of drug-likeness (QED) is 0.438. The van der Waals surface area contributed by atoms with Gasteiger partial charge in [-0.25, -0.2) is 0 Å². The Bertz CT molecular complexity index is 1080. The smallest absolute Gasteiger partial charge is 0.0350 e. The van der Waals surface area contributed by atoms with Crippen LogP contribution in [0.2, 0.25) is 0 Å². The first-order chi connectivity index (χ1) is 13.3. The number of terminal acetylenes is 2. The van der Waals surface area contributed by atoms with Crippen LogP contribution in [0.1, 0.15) is 44.5 Å². The second kappa shape index (κ2) is 7.42. The van der Waals surface area contributed by atoms with Gasteiger partial charge >= 0.3 is 0 Å². The number of hydrogen-bond acceptors (Lipinski definition) is 0. The van der Waals surface area contributed by atoms with Gasteiger partial charge in [0, 0.05) is 11.1 Å². The molecule has 28 heavy (non-hydrogen) atoms. The van der Waals surface area contributed by atoms with E-state index in [-0.39, 0.29) is 0 Å². The summed E-state index contributed by atoms with van der Waals surface area (Å²) >= 11 is 0. The van der Waals surface area contributed by atoms with Crippen molar-refractivity contribution in [1.82, 2.24) is 0 Å². The molecule has 0 amide bonds. The third-order valence-electron chi connectivity index (χ3n) is 5.40. The van der Waals surface area contributed by atoms with Crippen LogP contribution in [0.25, 0.3) is 22.3 Å². The summed E-state index contributed by atoms with van der Waals surface area (Å²) in [6.07, 6.45) is 11.7. The van der Waals surface area contributed by atoms with Crippen molar-refractivity contribution in [3.8, 4) is 46.9 Å². The molecule has 0 unspecified atom stereocenters. The molecule has 0 spiro atoms. The molecule has 0 aliphatic rings. The van der Waals surface area contributed by atoms with Gasteiger partial charge in [0.15, 0.2) is 0 Å². The minimum atomic E-state index is 0.969. The lowest BCUT2D eigenvalue weighted by Crippen LogP contribution is -1.97. The molecule has 3 aromatic carbocycles. The maximum absolute atomic E-state index is 5.85. The Labute approximate surface area is 169 Å². The van der Waals surface area contributed by atoms with Gasteiger partial charge in [-0.15, -0.1) is 12.8 Å². The van der Waals surface area contributed by atoms with Crippen molar-refractivity contribution in [3.63, 3.8) is 0 Å². The van der Waals surface area contributed by atoms with Gasteiger partial charge in [-0.05, 0) is 86.1 Å². The molecular formula is C28H26. The van der Waals surface area contributed by atoms with Gasteiger partial charge in [-0.1, -0.05) is 59.4 Å². The van der Waals surface area contributed by atoms with Crippen LogP contribution in [-0.4, -0.2) is 0 Å². The summed E-state index contributed by atoms with van der Waals surface area (Å²) in [5.41, 5.74) is 13.7. The van der Waals surface area contributed by atoms with E-state index >= 15 is 0 Å². The van der Waals surface area contributed by atoms with E-state index in [2.05, 4.69) is 89.8 Å². The molecule has 0 radical (unpaired) electrons. The Hall–Kier alpha value is -3.22. The van der Waals surface area contributed by atoms with E-state index in [0.717, 1.165) is 33.4 Å². The van der Waals surface area contributed by atoms with Gasteiger partial charge in [0.25, 0.3) is 0 Å². The van der Waals surface area contributed by atoms with Crippen LogP contribution >= 0.6 is 0 Å². The Morgan fingerprint density at radius 3 is 1.14 bits per heavy atom. The molecule has 3 aromatic rings. The molecule has 3 rings (SSSR count). The summed E-state index contributed by atoms with van der Waals surface area (Å²) in [5, 5.41) is 0. The Balaban J connectivity index is 2.29. The van der Waals surface area contributed by atoms with Gasteiger partial charge < -0.3 is 0 Å². The zero-order chi connectivity index (χ0) is 20.6. The minimum Gasteiger partial charge on any atom is -0.115 e. The highest BCUT2D eigenvalue weighted by molar-refractivity contribution is 5.82.